The zero-order chi connectivity index (χ0) is 18.4. The molecule has 27 heavy (non-hydrogen) atoms. The molecule has 3 heterocycles. The first-order chi connectivity index (χ1) is 13.2. The fourth-order valence-corrected chi connectivity index (χ4v) is 4.39. The second-order valence-corrected chi connectivity index (χ2v) is 7.61. The molecule has 2 aromatic rings. The molecule has 140 valence electrons. The lowest BCUT2D eigenvalue weighted by Crippen LogP contribution is -2.49. The SMILES string of the molecule is O=C(c1c2c(cc3c1OCC3)OCC2)N1CCN(c2cccc(Cl)c2)CC1. The van der Waals surface area contributed by atoms with Gasteiger partial charge in [-0.15, -0.1) is 0 Å². The van der Waals surface area contributed by atoms with Crippen molar-refractivity contribution in [2.75, 3.05) is 44.3 Å². The van der Waals surface area contributed by atoms with Gasteiger partial charge < -0.3 is 19.3 Å². The van der Waals surface area contributed by atoms with E-state index in [2.05, 4.69) is 17.0 Å². The first-order valence-corrected chi connectivity index (χ1v) is 9.82. The lowest BCUT2D eigenvalue weighted by molar-refractivity contribution is 0.0742. The molecule has 0 aromatic heterocycles. The van der Waals surface area contributed by atoms with E-state index in [-0.39, 0.29) is 5.91 Å². The highest BCUT2D eigenvalue weighted by molar-refractivity contribution is 6.30. The summed E-state index contributed by atoms with van der Waals surface area (Å²) in [5.74, 6) is 1.71. The van der Waals surface area contributed by atoms with Crippen molar-refractivity contribution in [2.24, 2.45) is 0 Å². The number of amides is 1. The van der Waals surface area contributed by atoms with Crippen LogP contribution in [0, 0.1) is 0 Å². The predicted molar refractivity (Wildman–Crippen MR) is 104 cm³/mol. The quantitative estimate of drug-likeness (QED) is 0.797. The van der Waals surface area contributed by atoms with Gasteiger partial charge in [-0.05, 0) is 24.3 Å². The van der Waals surface area contributed by atoms with Crippen molar-refractivity contribution in [2.45, 2.75) is 12.8 Å². The maximum atomic E-state index is 13.4. The average molecular weight is 385 g/mol. The van der Waals surface area contributed by atoms with Crippen LogP contribution in [0.5, 0.6) is 11.5 Å². The molecule has 0 spiro atoms. The molecule has 0 bridgehead atoms. The molecule has 6 heteroatoms. The average Bonchev–Trinajstić information content (AvgIpc) is 3.34. The van der Waals surface area contributed by atoms with E-state index in [4.69, 9.17) is 21.1 Å². The van der Waals surface area contributed by atoms with Crippen LogP contribution in [0.15, 0.2) is 30.3 Å². The topological polar surface area (TPSA) is 42.0 Å². The van der Waals surface area contributed by atoms with Crippen LogP contribution in [0.3, 0.4) is 0 Å². The van der Waals surface area contributed by atoms with Crippen molar-refractivity contribution in [1.82, 2.24) is 4.90 Å². The summed E-state index contributed by atoms with van der Waals surface area (Å²) in [6.07, 6.45) is 1.62. The Hall–Kier alpha value is -2.40. The van der Waals surface area contributed by atoms with Crippen LogP contribution in [0.1, 0.15) is 21.5 Å². The van der Waals surface area contributed by atoms with Gasteiger partial charge in [0.15, 0.2) is 0 Å². The maximum Gasteiger partial charge on any atom is 0.258 e. The summed E-state index contributed by atoms with van der Waals surface area (Å²) in [6, 6.07) is 9.93. The predicted octanol–water partition coefficient (Wildman–Crippen LogP) is 3.17. The van der Waals surface area contributed by atoms with Crippen LogP contribution in [0.2, 0.25) is 5.02 Å². The lowest BCUT2D eigenvalue weighted by atomic mass is 9.98. The first kappa shape index (κ1) is 16.8. The Kier molecular flexibility index (Phi) is 4.12. The van der Waals surface area contributed by atoms with Gasteiger partial charge in [0.05, 0.1) is 18.8 Å². The number of nitrogens with zero attached hydrogens (tertiary/aromatic N) is 2. The summed E-state index contributed by atoms with van der Waals surface area (Å²) in [4.78, 5) is 17.6. The number of hydrogen-bond acceptors (Lipinski definition) is 4. The van der Waals surface area contributed by atoms with Gasteiger partial charge >= 0.3 is 0 Å². The molecule has 5 rings (SSSR count). The fraction of sp³-hybridized carbons (Fsp3) is 0.381. The van der Waals surface area contributed by atoms with Gasteiger partial charge in [0.1, 0.15) is 11.5 Å². The number of ether oxygens (including phenoxy) is 2. The zero-order valence-electron chi connectivity index (χ0n) is 15.0. The third kappa shape index (κ3) is 2.90. The third-order valence-electron chi connectivity index (χ3n) is 5.60. The van der Waals surface area contributed by atoms with E-state index in [1.165, 1.54) is 0 Å². The van der Waals surface area contributed by atoms with Crippen molar-refractivity contribution in [3.8, 4) is 11.5 Å². The fourth-order valence-electron chi connectivity index (χ4n) is 4.21. The smallest absolute Gasteiger partial charge is 0.258 e. The lowest BCUT2D eigenvalue weighted by Gasteiger charge is -2.36. The van der Waals surface area contributed by atoms with Gasteiger partial charge in [0.25, 0.3) is 5.91 Å². The van der Waals surface area contributed by atoms with Crippen LogP contribution < -0.4 is 14.4 Å². The van der Waals surface area contributed by atoms with Crippen LogP contribution in [-0.2, 0) is 12.8 Å². The molecular weight excluding hydrogens is 364 g/mol. The Bertz CT molecular complexity index is 874. The summed E-state index contributed by atoms with van der Waals surface area (Å²) in [5, 5.41) is 0.735. The largest absolute Gasteiger partial charge is 0.493 e. The van der Waals surface area contributed by atoms with Gasteiger partial charge in [0, 0.05) is 60.9 Å². The van der Waals surface area contributed by atoms with Crippen LogP contribution in [0.25, 0.3) is 0 Å². The minimum atomic E-state index is 0.0706. The second kappa shape index (κ2) is 6.64. The van der Waals surface area contributed by atoms with Crippen LogP contribution in [0.4, 0.5) is 5.69 Å². The van der Waals surface area contributed by atoms with E-state index in [1.54, 1.807) is 0 Å². The van der Waals surface area contributed by atoms with E-state index in [1.807, 2.05) is 23.1 Å². The summed E-state index contributed by atoms with van der Waals surface area (Å²) in [5.41, 5.74) is 3.94. The van der Waals surface area contributed by atoms with Gasteiger partial charge in [0.2, 0.25) is 0 Å². The highest BCUT2D eigenvalue weighted by Gasteiger charge is 2.33. The number of benzene rings is 2. The normalized spacial score (nSPS) is 18.0. The monoisotopic (exact) mass is 384 g/mol. The summed E-state index contributed by atoms with van der Waals surface area (Å²) in [6.45, 7) is 4.23. The Morgan fingerprint density at radius 2 is 1.81 bits per heavy atom. The molecular formula is C21H21ClN2O3. The number of fused-ring (bicyclic) bond motifs is 2. The van der Waals surface area contributed by atoms with E-state index < -0.39 is 0 Å². The molecule has 0 N–H and O–H groups in total. The number of carbonyl (C=O) groups is 1. The second-order valence-electron chi connectivity index (χ2n) is 7.17. The minimum absolute atomic E-state index is 0.0706. The number of piperazine rings is 1. The number of halogens is 1. The molecule has 3 aliphatic heterocycles. The van der Waals surface area contributed by atoms with Crippen molar-refractivity contribution >= 4 is 23.2 Å². The Morgan fingerprint density at radius 1 is 1.00 bits per heavy atom. The molecule has 1 saturated heterocycles. The number of carbonyl (C=O) groups excluding carboxylic acids is 1. The molecule has 5 nitrogen and oxygen atoms in total. The van der Waals surface area contributed by atoms with Gasteiger partial charge in [-0.25, -0.2) is 0 Å². The number of anilines is 1. The highest BCUT2D eigenvalue weighted by Crippen LogP contribution is 2.41. The summed E-state index contributed by atoms with van der Waals surface area (Å²) in [7, 11) is 0. The standard InChI is InChI=1S/C21H21ClN2O3/c22-15-2-1-3-16(13-15)23-6-8-24(9-7-23)21(25)19-17-5-11-26-18(17)12-14-4-10-27-20(14)19/h1-3,12-13H,4-11H2. The third-order valence-corrected chi connectivity index (χ3v) is 5.84. The minimum Gasteiger partial charge on any atom is -0.493 e. The number of rotatable bonds is 2. The van der Waals surface area contributed by atoms with Gasteiger partial charge in [-0.2, -0.15) is 0 Å². The molecule has 3 aliphatic rings. The summed E-state index contributed by atoms with van der Waals surface area (Å²) < 4.78 is 11.6. The highest BCUT2D eigenvalue weighted by atomic mass is 35.5. The Morgan fingerprint density at radius 3 is 2.63 bits per heavy atom. The van der Waals surface area contributed by atoms with Crippen LogP contribution in [-0.4, -0.2) is 50.2 Å². The van der Waals surface area contributed by atoms with E-state index >= 15 is 0 Å². The molecule has 1 fully saturated rings. The molecule has 2 aromatic carbocycles. The van der Waals surface area contributed by atoms with Crippen molar-refractivity contribution < 1.29 is 14.3 Å². The molecule has 0 aliphatic carbocycles. The van der Waals surface area contributed by atoms with E-state index in [0.29, 0.717) is 26.3 Å². The van der Waals surface area contributed by atoms with Gasteiger partial charge in [-0.3, -0.25) is 4.79 Å². The number of hydrogen-bond donors (Lipinski definition) is 0. The zero-order valence-corrected chi connectivity index (χ0v) is 15.8. The molecule has 1 amide bonds. The van der Waals surface area contributed by atoms with E-state index in [9.17, 15) is 4.79 Å². The summed E-state index contributed by atoms with van der Waals surface area (Å²) >= 11 is 6.11. The van der Waals surface area contributed by atoms with Crippen molar-refractivity contribution in [3.63, 3.8) is 0 Å². The molecule has 0 atom stereocenters. The van der Waals surface area contributed by atoms with Crippen LogP contribution >= 0.6 is 11.6 Å². The Balaban J connectivity index is 1.38. The molecule has 0 radical (unpaired) electrons. The maximum absolute atomic E-state index is 13.4. The Labute approximate surface area is 163 Å². The van der Waals surface area contributed by atoms with E-state index in [0.717, 1.165) is 64.8 Å². The molecule has 0 unspecified atom stereocenters. The van der Waals surface area contributed by atoms with Crippen molar-refractivity contribution in [3.05, 3.63) is 52.0 Å². The van der Waals surface area contributed by atoms with Gasteiger partial charge in [-0.1, -0.05) is 17.7 Å². The first-order valence-electron chi connectivity index (χ1n) is 9.45. The van der Waals surface area contributed by atoms with Crippen molar-refractivity contribution in [1.29, 1.82) is 0 Å². The molecule has 0 saturated carbocycles.